The van der Waals surface area contributed by atoms with Crippen LogP contribution in [0.1, 0.15) is 11.1 Å². The number of benzene rings is 2. The number of carbonyl (C=O) groups is 2. The summed E-state index contributed by atoms with van der Waals surface area (Å²) in [5.74, 6) is -2.69. The number of rotatable bonds is 3. The van der Waals surface area contributed by atoms with Crippen molar-refractivity contribution in [1.82, 2.24) is 9.80 Å². The second-order valence-electron chi connectivity index (χ2n) is 7.11. The minimum atomic E-state index is -1.26. The molecule has 6 nitrogen and oxygen atoms in total. The SMILES string of the molecule is CN1CCN(C2=Cc3ccccc3Sc3cc(F)ccc32)CC1.O=C(O)/C=C\C(=O)O. The first-order valence-corrected chi connectivity index (χ1v) is 10.5. The maximum absolute atomic E-state index is 13.8. The second kappa shape index (κ2) is 10.3. The van der Waals surface area contributed by atoms with Gasteiger partial charge in [0.15, 0.2) is 0 Å². The molecular formula is C23H23FN2O4S. The molecule has 2 heterocycles. The van der Waals surface area contributed by atoms with Crippen molar-refractivity contribution < 1.29 is 24.2 Å². The van der Waals surface area contributed by atoms with Gasteiger partial charge >= 0.3 is 11.9 Å². The van der Waals surface area contributed by atoms with E-state index in [9.17, 15) is 14.0 Å². The van der Waals surface area contributed by atoms with E-state index in [1.807, 2.05) is 12.1 Å². The normalized spacial score (nSPS) is 15.8. The number of hydrogen-bond donors (Lipinski definition) is 2. The Kier molecular flexibility index (Phi) is 7.49. The molecule has 0 bridgehead atoms. The topological polar surface area (TPSA) is 81.1 Å². The Morgan fingerprint density at radius 3 is 2.26 bits per heavy atom. The van der Waals surface area contributed by atoms with Crippen molar-refractivity contribution in [3.8, 4) is 0 Å². The highest BCUT2D eigenvalue weighted by molar-refractivity contribution is 7.99. The number of halogens is 1. The monoisotopic (exact) mass is 442 g/mol. The van der Waals surface area contributed by atoms with Gasteiger partial charge in [-0.25, -0.2) is 14.0 Å². The fourth-order valence-corrected chi connectivity index (χ4v) is 4.36. The molecule has 2 aliphatic rings. The number of fused-ring (bicyclic) bond motifs is 2. The molecule has 0 aromatic heterocycles. The Balaban J connectivity index is 0.000000293. The lowest BCUT2D eigenvalue weighted by atomic mass is 10.1. The van der Waals surface area contributed by atoms with E-state index < -0.39 is 11.9 Å². The van der Waals surface area contributed by atoms with Crippen LogP contribution < -0.4 is 0 Å². The van der Waals surface area contributed by atoms with Crippen LogP contribution in [0.2, 0.25) is 0 Å². The van der Waals surface area contributed by atoms with Crippen LogP contribution in [-0.4, -0.2) is 65.2 Å². The molecule has 2 aliphatic heterocycles. The lowest BCUT2D eigenvalue weighted by Crippen LogP contribution is -2.43. The summed E-state index contributed by atoms with van der Waals surface area (Å²) in [5.41, 5.74) is 3.56. The first kappa shape index (κ1) is 22.6. The molecule has 1 fully saturated rings. The fourth-order valence-electron chi connectivity index (χ4n) is 3.28. The van der Waals surface area contributed by atoms with Gasteiger partial charge in [0.25, 0.3) is 0 Å². The molecule has 1 saturated heterocycles. The largest absolute Gasteiger partial charge is 0.478 e. The maximum atomic E-state index is 13.8. The zero-order chi connectivity index (χ0) is 22.4. The molecule has 31 heavy (non-hydrogen) atoms. The van der Waals surface area contributed by atoms with Crippen LogP contribution in [0.15, 0.2) is 64.4 Å². The first-order chi connectivity index (χ1) is 14.8. The van der Waals surface area contributed by atoms with Crippen molar-refractivity contribution in [2.45, 2.75) is 9.79 Å². The van der Waals surface area contributed by atoms with Crippen LogP contribution in [0.25, 0.3) is 11.8 Å². The van der Waals surface area contributed by atoms with Gasteiger partial charge in [0, 0.05) is 59.4 Å². The predicted octanol–water partition coefficient (Wildman–Crippen LogP) is 3.75. The van der Waals surface area contributed by atoms with Crippen LogP contribution in [-0.2, 0) is 9.59 Å². The summed E-state index contributed by atoms with van der Waals surface area (Å²) in [5, 5.41) is 15.6. The predicted molar refractivity (Wildman–Crippen MR) is 118 cm³/mol. The van der Waals surface area contributed by atoms with Gasteiger partial charge in [0.05, 0.1) is 0 Å². The molecule has 0 atom stereocenters. The number of carboxylic acid groups (broad SMARTS) is 2. The number of hydrogen-bond acceptors (Lipinski definition) is 5. The van der Waals surface area contributed by atoms with E-state index in [0.29, 0.717) is 12.2 Å². The van der Waals surface area contributed by atoms with Crippen molar-refractivity contribution in [2.75, 3.05) is 33.2 Å². The van der Waals surface area contributed by atoms with Gasteiger partial charge in [-0.1, -0.05) is 30.0 Å². The van der Waals surface area contributed by atoms with Gasteiger partial charge in [-0.2, -0.15) is 0 Å². The second-order valence-corrected chi connectivity index (χ2v) is 8.19. The summed E-state index contributed by atoms with van der Waals surface area (Å²) in [4.78, 5) is 26.1. The minimum absolute atomic E-state index is 0.173. The van der Waals surface area contributed by atoms with Crippen molar-refractivity contribution in [2.24, 2.45) is 0 Å². The Morgan fingerprint density at radius 2 is 1.61 bits per heavy atom. The van der Waals surface area contributed by atoms with Gasteiger partial charge in [0.1, 0.15) is 5.82 Å². The summed E-state index contributed by atoms with van der Waals surface area (Å²) >= 11 is 1.66. The summed E-state index contributed by atoms with van der Waals surface area (Å²) < 4.78 is 13.8. The molecule has 0 saturated carbocycles. The molecule has 2 aromatic carbocycles. The maximum Gasteiger partial charge on any atom is 0.328 e. The number of nitrogens with zero attached hydrogens (tertiary/aromatic N) is 2. The molecule has 4 rings (SSSR count). The Bertz CT molecular complexity index is 1010. The van der Waals surface area contributed by atoms with Crippen LogP contribution in [0.3, 0.4) is 0 Å². The zero-order valence-electron chi connectivity index (χ0n) is 17.0. The molecule has 2 N–H and O–H groups in total. The summed E-state index contributed by atoms with van der Waals surface area (Å²) in [6.45, 7) is 4.13. The van der Waals surface area contributed by atoms with E-state index in [2.05, 4.69) is 41.1 Å². The average Bonchev–Trinajstić information content (AvgIpc) is 2.89. The highest BCUT2D eigenvalue weighted by atomic mass is 32.2. The van der Waals surface area contributed by atoms with Gasteiger partial charge in [-0.3, -0.25) is 0 Å². The highest BCUT2D eigenvalue weighted by Gasteiger charge is 2.23. The molecule has 8 heteroatoms. The summed E-state index contributed by atoms with van der Waals surface area (Å²) in [6, 6.07) is 13.5. The van der Waals surface area contributed by atoms with Gasteiger partial charge in [-0.05, 0) is 43.0 Å². The average molecular weight is 443 g/mol. The fraction of sp³-hybridized carbons (Fsp3) is 0.217. The third kappa shape index (κ3) is 6.19. The van der Waals surface area contributed by atoms with Crippen LogP contribution in [0.5, 0.6) is 0 Å². The number of likely N-dealkylation sites (N-methyl/N-ethyl adjacent to an activating group) is 1. The van der Waals surface area contributed by atoms with Crippen molar-refractivity contribution >= 4 is 35.5 Å². The van der Waals surface area contributed by atoms with Crippen molar-refractivity contribution in [3.05, 3.63) is 71.6 Å². The first-order valence-electron chi connectivity index (χ1n) is 9.69. The molecule has 2 aromatic rings. The number of piperazine rings is 1. The highest BCUT2D eigenvalue weighted by Crippen LogP contribution is 2.41. The molecule has 0 spiro atoms. The van der Waals surface area contributed by atoms with Gasteiger partial charge in [0.2, 0.25) is 0 Å². The molecule has 0 amide bonds. The van der Waals surface area contributed by atoms with E-state index in [1.54, 1.807) is 23.9 Å². The lowest BCUT2D eigenvalue weighted by Gasteiger charge is -2.36. The van der Waals surface area contributed by atoms with E-state index in [0.717, 1.165) is 36.6 Å². The molecular weight excluding hydrogens is 419 g/mol. The lowest BCUT2D eigenvalue weighted by molar-refractivity contribution is -0.134. The zero-order valence-corrected chi connectivity index (χ0v) is 17.8. The smallest absolute Gasteiger partial charge is 0.328 e. The molecule has 0 radical (unpaired) electrons. The summed E-state index contributed by atoms with van der Waals surface area (Å²) in [7, 11) is 2.16. The Labute approximate surface area is 184 Å². The van der Waals surface area contributed by atoms with E-state index >= 15 is 0 Å². The van der Waals surface area contributed by atoms with Crippen LogP contribution in [0, 0.1) is 5.82 Å². The molecule has 162 valence electrons. The van der Waals surface area contributed by atoms with Gasteiger partial charge < -0.3 is 20.0 Å². The summed E-state index contributed by atoms with van der Waals surface area (Å²) in [6.07, 6.45) is 3.38. The number of carboxylic acids is 2. The number of aliphatic carboxylic acids is 2. The van der Waals surface area contributed by atoms with E-state index in [4.69, 9.17) is 10.2 Å². The third-order valence-electron chi connectivity index (χ3n) is 4.86. The van der Waals surface area contributed by atoms with Crippen molar-refractivity contribution in [1.29, 1.82) is 0 Å². The quantitative estimate of drug-likeness (QED) is 0.701. The van der Waals surface area contributed by atoms with Crippen molar-refractivity contribution in [3.63, 3.8) is 0 Å². The standard InChI is InChI=1S/C19H19FN2S.C4H4O4/c1-21-8-10-22(11-9-21)17-12-14-4-2-3-5-18(14)23-19-13-15(20)6-7-16(17)19;5-3(6)1-2-4(7)8/h2-7,12-13H,8-11H2,1H3;1-2H,(H,5,6)(H,7,8)/b;2-1-. The third-order valence-corrected chi connectivity index (χ3v) is 6.01. The van der Waals surface area contributed by atoms with Gasteiger partial charge in [-0.15, -0.1) is 0 Å². The molecule has 0 unspecified atom stereocenters. The minimum Gasteiger partial charge on any atom is -0.478 e. The Hall–Kier alpha value is -3.10. The van der Waals surface area contributed by atoms with E-state index in [-0.39, 0.29) is 5.82 Å². The van der Waals surface area contributed by atoms with Crippen LogP contribution >= 0.6 is 11.8 Å². The Morgan fingerprint density at radius 1 is 0.968 bits per heavy atom. The molecule has 0 aliphatic carbocycles. The van der Waals surface area contributed by atoms with Crippen LogP contribution in [0.4, 0.5) is 4.39 Å². The van der Waals surface area contributed by atoms with E-state index in [1.165, 1.54) is 16.2 Å².